The minimum absolute atomic E-state index is 0.528. The normalized spacial score (nSPS) is 23.4. The Balaban J connectivity index is 2.26. The van der Waals surface area contributed by atoms with E-state index in [1.54, 1.807) is 0 Å². The maximum absolute atomic E-state index is 6.08. The van der Waals surface area contributed by atoms with Crippen molar-refractivity contribution in [2.75, 3.05) is 5.73 Å². The van der Waals surface area contributed by atoms with Crippen LogP contribution in [0, 0.1) is 6.92 Å². The molecule has 2 rings (SSSR count). The first-order chi connectivity index (χ1) is 7.77. The second-order valence-electron chi connectivity index (χ2n) is 4.81. The van der Waals surface area contributed by atoms with Gasteiger partial charge in [-0.3, -0.25) is 0 Å². The van der Waals surface area contributed by atoms with Crippen LogP contribution in [0.5, 0.6) is 0 Å². The third-order valence-electron chi connectivity index (χ3n) is 3.40. The van der Waals surface area contributed by atoms with Gasteiger partial charge in [0.15, 0.2) is 0 Å². The molecule has 86 valence electrons. The van der Waals surface area contributed by atoms with Crippen LogP contribution in [-0.2, 0) is 0 Å². The van der Waals surface area contributed by atoms with Crippen molar-refractivity contribution in [3.63, 3.8) is 0 Å². The average molecular weight is 215 g/mol. The van der Waals surface area contributed by atoms with Crippen LogP contribution < -0.4 is 5.73 Å². The highest BCUT2D eigenvalue weighted by atomic mass is 14.6. The molecule has 1 aromatic rings. The second kappa shape index (κ2) is 5.20. The summed E-state index contributed by atoms with van der Waals surface area (Å²) in [6.07, 6.45) is 11.2. The van der Waals surface area contributed by atoms with Gasteiger partial charge in [0.25, 0.3) is 0 Å². The molecule has 1 aromatic carbocycles. The minimum atomic E-state index is 0.528. The molecule has 1 aliphatic rings. The third kappa shape index (κ3) is 2.66. The molecular weight excluding hydrogens is 194 g/mol. The van der Waals surface area contributed by atoms with Crippen molar-refractivity contribution < 1.29 is 0 Å². The van der Waals surface area contributed by atoms with Crippen molar-refractivity contribution in [1.29, 1.82) is 0 Å². The third-order valence-corrected chi connectivity index (χ3v) is 3.40. The van der Waals surface area contributed by atoms with Gasteiger partial charge >= 0.3 is 0 Å². The van der Waals surface area contributed by atoms with E-state index in [1.807, 2.05) is 6.07 Å². The Morgan fingerprint density at radius 2 is 2.06 bits per heavy atom. The number of anilines is 1. The molecule has 16 heavy (non-hydrogen) atoms. The Morgan fingerprint density at radius 1 is 1.19 bits per heavy atom. The van der Waals surface area contributed by atoms with Crippen molar-refractivity contribution >= 4 is 5.69 Å². The van der Waals surface area contributed by atoms with E-state index in [4.69, 9.17) is 5.73 Å². The lowest BCUT2D eigenvalue weighted by atomic mass is 9.88. The van der Waals surface area contributed by atoms with Crippen molar-refractivity contribution in [3.8, 4) is 0 Å². The summed E-state index contributed by atoms with van der Waals surface area (Å²) in [5, 5.41) is 0. The van der Waals surface area contributed by atoms with E-state index in [0.717, 1.165) is 5.69 Å². The SMILES string of the molecule is Cc1ccc(N)c(C2/C=C\CCCCC2)c1. The van der Waals surface area contributed by atoms with Gasteiger partial charge < -0.3 is 5.73 Å². The first kappa shape index (κ1) is 11.3. The van der Waals surface area contributed by atoms with Gasteiger partial charge in [-0.25, -0.2) is 0 Å². The molecular formula is C15H21N. The average Bonchev–Trinajstić information content (AvgIpc) is 2.22. The minimum Gasteiger partial charge on any atom is -0.398 e. The predicted molar refractivity (Wildman–Crippen MR) is 70.6 cm³/mol. The molecule has 0 spiro atoms. The Bertz CT molecular complexity index is 379. The number of benzene rings is 1. The number of aryl methyl sites for hydroxylation is 1. The summed E-state index contributed by atoms with van der Waals surface area (Å²) >= 11 is 0. The molecule has 1 aliphatic carbocycles. The van der Waals surface area contributed by atoms with Crippen LogP contribution in [0.2, 0.25) is 0 Å². The Hall–Kier alpha value is -1.24. The van der Waals surface area contributed by atoms with Crippen LogP contribution in [0.4, 0.5) is 5.69 Å². The fourth-order valence-electron chi connectivity index (χ4n) is 2.43. The molecule has 0 bridgehead atoms. The van der Waals surface area contributed by atoms with Crippen LogP contribution in [0.25, 0.3) is 0 Å². The van der Waals surface area contributed by atoms with Crippen LogP contribution in [0.3, 0.4) is 0 Å². The van der Waals surface area contributed by atoms with Gasteiger partial charge in [0.2, 0.25) is 0 Å². The predicted octanol–water partition coefficient (Wildman–Crippen LogP) is 4.18. The van der Waals surface area contributed by atoms with Crippen molar-refractivity contribution in [2.45, 2.75) is 44.9 Å². The largest absolute Gasteiger partial charge is 0.398 e. The molecule has 1 nitrogen and oxygen atoms in total. The summed E-state index contributed by atoms with van der Waals surface area (Å²) < 4.78 is 0. The summed E-state index contributed by atoms with van der Waals surface area (Å²) in [5.41, 5.74) is 9.64. The van der Waals surface area contributed by atoms with Gasteiger partial charge in [0, 0.05) is 11.6 Å². The Morgan fingerprint density at radius 3 is 2.94 bits per heavy atom. The fourth-order valence-corrected chi connectivity index (χ4v) is 2.43. The van der Waals surface area contributed by atoms with Crippen molar-refractivity contribution in [3.05, 3.63) is 41.5 Å². The number of allylic oxidation sites excluding steroid dienone is 2. The summed E-state index contributed by atoms with van der Waals surface area (Å²) in [7, 11) is 0. The number of hydrogen-bond acceptors (Lipinski definition) is 1. The topological polar surface area (TPSA) is 26.0 Å². The maximum Gasteiger partial charge on any atom is 0.0352 e. The lowest BCUT2D eigenvalue weighted by Gasteiger charge is -2.18. The molecule has 0 saturated heterocycles. The van der Waals surface area contributed by atoms with Crippen molar-refractivity contribution in [2.24, 2.45) is 0 Å². The van der Waals surface area contributed by atoms with E-state index in [1.165, 1.54) is 43.2 Å². The molecule has 0 radical (unpaired) electrons. The highest BCUT2D eigenvalue weighted by Crippen LogP contribution is 2.30. The molecule has 0 amide bonds. The highest BCUT2D eigenvalue weighted by Gasteiger charge is 2.12. The van der Waals surface area contributed by atoms with Crippen LogP contribution >= 0.6 is 0 Å². The smallest absolute Gasteiger partial charge is 0.0352 e. The quantitative estimate of drug-likeness (QED) is 0.552. The summed E-state index contributed by atoms with van der Waals surface area (Å²) in [5.74, 6) is 0.528. The molecule has 0 saturated carbocycles. The maximum atomic E-state index is 6.08. The van der Waals surface area contributed by atoms with Crippen LogP contribution in [0.1, 0.15) is 49.1 Å². The highest BCUT2D eigenvalue weighted by molar-refractivity contribution is 5.51. The van der Waals surface area contributed by atoms with Gasteiger partial charge in [0.1, 0.15) is 0 Å². The Labute approximate surface area is 98.4 Å². The number of rotatable bonds is 1. The van der Waals surface area contributed by atoms with E-state index < -0.39 is 0 Å². The van der Waals surface area contributed by atoms with Crippen molar-refractivity contribution in [1.82, 2.24) is 0 Å². The molecule has 1 unspecified atom stereocenters. The van der Waals surface area contributed by atoms with E-state index in [0.29, 0.717) is 5.92 Å². The zero-order valence-electron chi connectivity index (χ0n) is 10.1. The zero-order chi connectivity index (χ0) is 11.4. The first-order valence-electron chi connectivity index (χ1n) is 6.30. The van der Waals surface area contributed by atoms with Gasteiger partial charge in [-0.2, -0.15) is 0 Å². The number of nitrogen functional groups attached to an aromatic ring is 1. The molecule has 0 aliphatic heterocycles. The first-order valence-corrected chi connectivity index (χ1v) is 6.30. The molecule has 1 atom stereocenters. The standard InChI is InChI=1S/C15H21N/c1-12-9-10-15(16)14(11-12)13-7-5-3-2-4-6-8-13/h5,7,9-11,13H,2-4,6,8,16H2,1H3/b7-5-. The number of hydrogen-bond donors (Lipinski definition) is 1. The van der Waals surface area contributed by atoms with Crippen LogP contribution in [0.15, 0.2) is 30.4 Å². The van der Waals surface area contributed by atoms with E-state index in [2.05, 4.69) is 31.2 Å². The molecule has 1 heteroatoms. The fraction of sp³-hybridized carbons (Fsp3) is 0.467. The Kier molecular flexibility index (Phi) is 3.66. The molecule has 0 heterocycles. The second-order valence-corrected chi connectivity index (χ2v) is 4.81. The van der Waals surface area contributed by atoms with Gasteiger partial charge in [-0.05, 0) is 37.8 Å². The monoisotopic (exact) mass is 215 g/mol. The lowest BCUT2D eigenvalue weighted by molar-refractivity contribution is 0.598. The summed E-state index contributed by atoms with van der Waals surface area (Å²) in [4.78, 5) is 0. The summed E-state index contributed by atoms with van der Waals surface area (Å²) in [6, 6.07) is 6.37. The van der Waals surface area contributed by atoms with Gasteiger partial charge in [0.05, 0.1) is 0 Å². The lowest BCUT2D eigenvalue weighted by Crippen LogP contribution is -2.02. The molecule has 2 N–H and O–H groups in total. The van der Waals surface area contributed by atoms with E-state index in [9.17, 15) is 0 Å². The molecule has 0 fully saturated rings. The van der Waals surface area contributed by atoms with Gasteiger partial charge in [-0.15, -0.1) is 0 Å². The number of nitrogens with two attached hydrogens (primary N) is 1. The summed E-state index contributed by atoms with van der Waals surface area (Å²) in [6.45, 7) is 2.13. The van der Waals surface area contributed by atoms with E-state index >= 15 is 0 Å². The van der Waals surface area contributed by atoms with Crippen LogP contribution in [-0.4, -0.2) is 0 Å². The zero-order valence-corrected chi connectivity index (χ0v) is 10.1. The molecule has 0 aromatic heterocycles. The van der Waals surface area contributed by atoms with E-state index in [-0.39, 0.29) is 0 Å². The van der Waals surface area contributed by atoms with Gasteiger partial charge in [-0.1, -0.05) is 42.7 Å².